The van der Waals surface area contributed by atoms with Crippen LogP contribution in [-0.2, 0) is 0 Å². The van der Waals surface area contributed by atoms with Crippen LogP contribution in [0.5, 0.6) is 5.75 Å². The topological polar surface area (TPSA) is 67.4 Å². The minimum Gasteiger partial charge on any atom is -0.485 e. The summed E-state index contributed by atoms with van der Waals surface area (Å²) < 4.78 is 5.92. The fraction of sp³-hybridized carbons (Fsp3) is 0.206. The molecular weight excluding hydrogens is 496 g/mol. The van der Waals surface area contributed by atoms with Gasteiger partial charge in [-0.1, -0.05) is 49.1 Å². The predicted molar refractivity (Wildman–Crippen MR) is 165 cm³/mol. The number of nitrogens with one attached hydrogen (secondary N) is 1. The van der Waals surface area contributed by atoms with Gasteiger partial charge in [0.1, 0.15) is 11.6 Å². The van der Waals surface area contributed by atoms with Gasteiger partial charge in [0, 0.05) is 42.3 Å². The van der Waals surface area contributed by atoms with E-state index in [-0.39, 0.29) is 12.4 Å². The minimum absolute atomic E-state index is 0.0167. The van der Waals surface area contributed by atoms with Crippen LogP contribution in [0.1, 0.15) is 35.9 Å². The normalized spacial score (nSPS) is 13.7. The molecule has 6 nitrogen and oxygen atoms in total. The first-order valence-electron chi connectivity index (χ1n) is 13.7. The van der Waals surface area contributed by atoms with Gasteiger partial charge in [-0.2, -0.15) is 0 Å². The van der Waals surface area contributed by atoms with Crippen LogP contribution < -0.4 is 15.0 Å². The van der Waals surface area contributed by atoms with E-state index >= 15 is 0 Å². The molecule has 3 aromatic carbocycles. The van der Waals surface area contributed by atoms with Gasteiger partial charge in [0.15, 0.2) is 18.2 Å². The van der Waals surface area contributed by atoms with E-state index in [0.717, 1.165) is 46.5 Å². The predicted octanol–water partition coefficient (Wildman–Crippen LogP) is 7.35. The summed E-state index contributed by atoms with van der Waals surface area (Å²) in [6.45, 7) is 8.02. The van der Waals surface area contributed by atoms with Crippen molar-refractivity contribution < 1.29 is 9.53 Å². The van der Waals surface area contributed by atoms with Gasteiger partial charge in [0.05, 0.1) is 5.52 Å². The Bertz CT molecular complexity index is 1580. The summed E-state index contributed by atoms with van der Waals surface area (Å²) in [4.78, 5) is 24.7. The van der Waals surface area contributed by atoms with E-state index in [4.69, 9.17) is 14.7 Å². The number of carbonyl (C=O) groups is 1. The molecule has 4 aromatic rings. The van der Waals surface area contributed by atoms with Crippen molar-refractivity contribution in [1.29, 1.82) is 0 Å². The van der Waals surface area contributed by atoms with E-state index in [1.54, 1.807) is 6.08 Å². The Morgan fingerprint density at radius 1 is 1.02 bits per heavy atom. The second-order valence-electron chi connectivity index (χ2n) is 9.71. The largest absolute Gasteiger partial charge is 0.485 e. The van der Waals surface area contributed by atoms with E-state index in [1.165, 1.54) is 18.5 Å². The van der Waals surface area contributed by atoms with Crippen LogP contribution in [0.25, 0.3) is 27.6 Å². The number of Topliss-reactive ketones (excluding diaryl/α,β-unsaturated/α-hetero) is 1. The number of allylic oxidation sites excluding steroid dienone is 5. The minimum atomic E-state index is -0.0435. The lowest BCUT2D eigenvalue weighted by molar-refractivity contribution is 0.0921. The highest BCUT2D eigenvalue weighted by Crippen LogP contribution is 2.30. The summed E-state index contributed by atoms with van der Waals surface area (Å²) in [6.07, 6.45) is 10.1. The van der Waals surface area contributed by atoms with Crippen LogP contribution in [0.4, 0.5) is 11.5 Å². The average molecular weight is 531 g/mol. The highest BCUT2D eigenvalue weighted by atomic mass is 16.5. The van der Waals surface area contributed by atoms with Crippen LogP contribution >= 0.6 is 0 Å². The van der Waals surface area contributed by atoms with E-state index in [2.05, 4.69) is 22.9 Å². The second-order valence-corrected chi connectivity index (χ2v) is 9.71. The summed E-state index contributed by atoms with van der Waals surface area (Å²) in [5.41, 5.74) is 5.50. The summed E-state index contributed by atoms with van der Waals surface area (Å²) in [5.74, 6) is 1.95. The molecule has 0 bridgehead atoms. The first-order valence-corrected chi connectivity index (χ1v) is 13.7. The number of carbonyl (C=O) groups excluding carboxylic acids is 1. The maximum Gasteiger partial charge on any atom is 0.200 e. The van der Waals surface area contributed by atoms with Crippen LogP contribution in [0.15, 0.2) is 97.6 Å². The smallest absolute Gasteiger partial charge is 0.200 e. The molecule has 5 rings (SSSR count). The van der Waals surface area contributed by atoms with E-state index in [0.29, 0.717) is 17.1 Å². The molecule has 1 aliphatic rings. The molecule has 2 heterocycles. The van der Waals surface area contributed by atoms with E-state index in [1.807, 2.05) is 92.9 Å². The van der Waals surface area contributed by atoms with Crippen LogP contribution in [0.2, 0.25) is 0 Å². The average Bonchev–Trinajstić information content (AvgIpc) is 3.55. The van der Waals surface area contributed by atoms with Gasteiger partial charge in [-0.05, 0) is 79.4 Å². The highest BCUT2D eigenvalue weighted by Gasteiger charge is 2.14. The number of anilines is 2. The fourth-order valence-electron chi connectivity index (χ4n) is 4.89. The molecule has 1 saturated heterocycles. The third-order valence-electron chi connectivity index (χ3n) is 7.08. The molecule has 0 saturated carbocycles. The number of hydrogen-bond acceptors (Lipinski definition) is 6. The van der Waals surface area contributed by atoms with Crippen molar-refractivity contribution >= 4 is 33.8 Å². The van der Waals surface area contributed by atoms with E-state index in [9.17, 15) is 4.79 Å². The first kappa shape index (κ1) is 26.9. The summed E-state index contributed by atoms with van der Waals surface area (Å²) in [6, 6.07) is 21.7. The Hall–Kier alpha value is -4.71. The van der Waals surface area contributed by atoms with E-state index < -0.39 is 0 Å². The fourth-order valence-corrected chi connectivity index (χ4v) is 4.89. The number of nitrogens with zero attached hydrogens (tertiary/aromatic N) is 3. The van der Waals surface area contributed by atoms with Crippen LogP contribution in [-0.4, -0.2) is 42.5 Å². The quantitative estimate of drug-likeness (QED) is 0.171. The first-order chi connectivity index (χ1) is 19.6. The molecule has 1 N–H and O–H groups in total. The monoisotopic (exact) mass is 530 g/mol. The molecule has 0 atom stereocenters. The number of ketones is 1. The number of fused-ring (bicyclic) bond motifs is 1. The molecule has 6 heteroatoms. The molecule has 1 aromatic heterocycles. The van der Waals surface area contributed by atoms with Crippen molar-refractivity contribution in [2.45, 2.75) is 19.8 Å². The lowest BCUT2D eigenvalue weighted by Crippen LogP contribution is -2.17. The SMILES string of the molecule is C=C/C(=C\C=C/C)c1nc(NC)c2cc(-c3cccc(OCC(=O)c4ccc(N5CCCC5)cc4)c3)ccc2n1. The van der Waals surface area contributed by atoms with Crippen molar-refractivity contribution in [3.05, 3.63) is 109 Å². The zero-order chi connectivity index (χ0) is 27.9. The van der Waals surface area contributed by atoms with Crippen molar-refractivity contribution in [3.8, 4) is 16.9 Å². The molecule has 0 amide bonds. The molecule has 1 fully saturated rings. The van der Waals surface area contributed by atoms with Crippen molar-refractivity contribution in [2.24, 2.45) is 0 Å². The number of hydrogen-bond donors (Lipinski definition) is 1. The molecular formula is C34H34N4O2. The molecule has 40 heavy (non-hydrogen) atoms. The van der Waals surface area contributed by atoms with Gasteiger partial charge in [-0.25, -0.2) is 9.97 Å². The Morgan fingerprint density at radius 2 is 1.80 bits per heavy atom. The summed E-state index contributed by atoms with van der Waals surface area (Å²) in [5, 5.41) is 4.12. The molecule has 0 unspecified atom stereocenters. The van der Waals surface area contributed by atoms with Crippen molar-refractivity contribution in [2.75, 3.05) is 37.0 Å². The Balaban J connectivity index is 1.33. The molecule has 0 aliphatic carbocycles. The molecule has 202 valence electrons. The van der Waals surface area contributed by atoms with Crippen molar-refractivity contribution in [3.63, 3.8) is 0 Å². The Kier molecular flexibility index (Phi) is 8.35. The highest BCUT2D eigenvalue weighted by molar-refractivity contribution is 5.97. The lowest BCUT2D eigenvalue weighted by atomic mass is 10.0. The van der Waals surface area contributed by atoms with Gasteiger partial charge in [-0.3, -0.25) is 4.79 Å². The van der Waals surface area contributed by atoms with Crippen molar-refractivity contribution in [1.82, 2.24) is 9.97 Å². The molecule has 0 radical (unpaired) electrons. The van der Waals surface area contributed by atoms with Gasteiger partial charge >= 0.3 is 0 Å². The number of rotatable bonds is 10. The maximum absolute atomic E-state index is 12.8. The number of aromatic nitrogens is 2. The lowest BCUT2D eigenvalue weighted by Gasteiger charge is -2.17. The number of benzene rings is 3. The standard InChI is InChI=1S/C34H34N4O2/c1-4-6-10-24(5-2)33-36-31-18-15-27(22-30(31)34(35-3)37-33)26-11-9-12-29(21-26)40-23-32(39)25-13-16-28(17-14-25)38-19-7-8-20-38/h4-6,9-18,21-22H,2,7-8,19-20,23H2,1,3H3,(H,35,36,37)/b6-4-,24-10+. The Labute approximate surface area is 235 Å². The molecule has 1 aliphatic heterocycles. The molecule has 0 spiro atoms. The maximum atomic E-state index is 12.8. The Morgan fingerprint density at radius 3 is 2.52 bits per heavy atom. The zero-order valence-corrected chi connectivity index (χ0v) is 23.1. The number of ether oxygens (including phenoxy) is 1. The zero-order valence-electron chi connectivity index (χ0n) is 23.1. The van der Waals surface area contributed by atoms with Gasteiger partial charge < -0.3 is 15.0 Å². The van der Waals surface area contributed by atoms with Crippen LogP contribution in [0.3, 0.4) is 0 Å². The van der Waals surface area contributed by atoms with Crippen LogP contribution in [0, 0.1) is 0 Å². The third-order valence-corrected chi connectivity index (χ3v) is 7.08. The van der Waals surface area contributed by atoms with Gasteiger partial charge in [0.25, 0.3) is 0 Å². The van der Waals surface area contributed by atoms with Gasteiger partial charge in [-0.15, -0.1) is 0 Å². The second kappa shape index (κ2) is 12.4. The third kappa shape index (κ3) is 5.96. The summed E-state index contributed by atoms with van der Waals surface area (Å²) >= 11 is 0. The van der Waals surface area contributed by atoms with Gasteiger partial charge in [0.2, 0.25) is 0 Å². The summed E-state index contributed by atoms with van der Waals surface area (Å²) in [7, 11) is 1.85.